The van der Waals surface area contributed by atoms with Crippen molar-refractivity contribution >= 4 is 17.3 Å². The van der Waals surface area contributed by atoms with Crippen molar-refractivity contribution in [2.45, 2.75) is 6.92 Å². The van der Waals surface area contributed by atoms with Crippen molar-refractivity contribution in [3.63, 3.8) is 0 Å². The smallest absolute Gasteiger partial charge is 0.274 e. The van der Waals surface area contributed by atoms with Gasteiger partial charge in [-0.05, 0) is 31.2 Å². The fourth-order valence-corrected chi connectivity index (χ4v) is 1.54. The number of aromatic nitrogens is 1. The van der Waals surface area contributed by atoms with Gasteiger partial charge in [-0.3, -0.25) is 9.78 Å². The molecule has 0 saturated carbocycles. The second-order valence-corrected chi connectivity index (χ2v) is 4.00. The third kappa shape index (κ3) is 2.85. The van der Waals surface area contributed by atoms with Crippen LogP contribution in [0.1, 0.15) is 16.1 Å². The molecule has 1 heterocycles. The van der Waals surface area contributed by atoms with E-state index in [0.29, 0.717) is 5.69 Å². The number of rotatable bonds is 3. The lowest BCUT2D eigenvalue weighted by Crippen LogP contribution is -2.13. The Balaban J connectivity index is 2.14. The van der Waals surface area contributed by atoms with E-state index < -0.39 is 0 Å². The van der Waals surface area contributed by atoms with Gasteiger partial charge in [-0.15, -0.1) is 0 Å². The Morgan fingerprint density at radius 1 is 1.11 bits per heavy atom. The molecule has 18 heavy (non-hydrogen) atoms. The van der Waals surface area contributed by atoms with Crippen LogP contribution in [0, 0.1) is 6.92 Å². The summed E-state index contributed by atoms with van der Waals surface area (Å²) >= 11 is 0. The predicted molar refractivity (Wildman–Crippen MR) is 72.9 cm³/mol. The third-order valence-corrected chi connectivity index (χ3v) is 2.59. The van der Waals surface area contributed by atoms with Crippen LogP contribution in [-0.2, 0) is 0 Å². The number of aryl methyl sites for hydroxylation is 1. The first kappa shape index (κ1) is 12.1. The van der Waals surface area contributed by atoms with Crippen molar-refractivity contribution in [2.24, 2.45) is 0 Å². The van der Waals surface area contributed by atoms with Gasteiger partial charge in [0.25, 0.3) is 5.91 Å². The Morgan fingerprint density at radius 2 is 1.83 bits per heavy atom. The monoisotopic (exact) mass is 241 g/mol. The van der Waals surface area contributed by atoms with E-state index in [4.69, 9.17) is 0 Å². The van der Waals surface area contributed by atoms with Gasteiger partial charge in [-0.25, -0.2) is 0 Å². The van der Waals surface area contributed by atoms with E-state index in [0.717, 1.165) is 16.9 Å². The SMILES string of the molecule is CNc1ccnc(C(=O)Nc2ccc(C)cc2)c1. The Bertz CT molecular complexity index is 549. The minimum absolute atomic E-state index is 0.212. The Morgan fingerprint density at radius 3 is 2.50 bits per heavy atom. The van der Waals surface area contributed by atoms with Crippen LogP contribution in [0.5, 0.6) is 0 Å². The molecule has 92 valence electrons. The number of carbonyl (C=O) groups excluding carboxylic acids is 1. The van der Waals surface area contributed by atoms with Crippen LogP contribution in [0.3, 0.4) is 0 Å². The van der Waals surface area contributed by atoms with Crippen LogP contribution in [-0.4, -0.2) is 17.9 Å². The molecule has 0 spiro atoms. The number of nitrogens with zero attached hydrogens (tertiary/aromatic N) is 1. The molecule has 4 nitrogen and oxygen atoms in total. The van der Waals surface area contributed by atoms with Crippen LogP contribution in [0.4, 0.5) is 11.4 Å². The molecule has 0 aliphatic carbocycles. The van der Waals surface area contributed by atoms with Gasteiger partial charge in [0.15, 0.2) is 0 Å². The Kier molecular flexibility index (Phi) is 3.57. The van der Waals surface area contributed by atoms with Crippen LogP contribution in [0.2, 0.25) is 0 Å². The molecular formula is C14H15N3O. The molecular weight excluding hydrogens is 226 g/mol. The quantitative estimate of drug-likeness (QED) is 0.868. The number of hydrogen-bond acceptors (Lipinski definition) is 3. The molecule has 4 heteroatoms. The number of benzene rings is 1. The summed E-state index contributed by atoms with van der Waals surface area (Å²) in [6, 6.07) is 11.2. The first-order valence-electron chi connectivity index (χ1n) is 5.71. The van der Waals surface area contributed by atoms with Crippen LogP contribution in [0.15, 0.2) is 42.6 Å². The zero-order chi connectivity index (χ0) is 13.0. The molecule has 0 bridgehead atoms. The van der Waals surface area contributed by atoms with Gasteiger partial charge in [0.1, 0.15) is 5.69 Å². The van der Waals surface area contributed by atoms with Crippen molar-refractivity contribution in [1.82, 2.24) is 4.98 Å². The summed E-state index contributed by atoms with van der Waals surface area (Å²) in [5.41, 5.74) is 3.17. The lowest BCUT2D eigenvalue weighted by molar-refractivity contribution is 0.102. The van der Waals surface area contributed by atoms with E-state index in [1.165, 1.54) is 0 Å². The minimum atomic E-state index is -0.212. The molecule has 0 saturated heterocycles. The largest absolute Gasteiger partial charge is 0.388 e. The van der Waals surface area contributed by atoms with Gasteiger partial charge >= 0.3 is 0 Å². The number of nitrogens with one attached hydrogen (secondary N) is 2. The van der Waals surface area contributed by atoms with E-state index in [9.17, 15) is 4.79 Å². The molecule has 2 aromatic rings. The first-order chi connectivity index (χ1) is 8.69. The fourth-order valence-electron chi connectivity index (χ4n) is 1.54. The first-order valence-corrected chi connectivity index (χ1v) is 5.71. The Hall–Kier alpha value is -2.36. The molecule has 0 radical (unpaired) electrons. The van der Waals surface area contributed by atoms with Gasteiger partial charge in [-0.1, -0.05) is 17.7 Å². The number of hydrogen-bond donors (Lipinski definition) is 2. The van der Waals surface area contributed by atoms with Gasteiger partial charge in [-0.2, -0.15) is 0 Å². The summed E-state index contributed by atoms with van der Waals surface area (Å²) in [6.07, 6.45) is 1.61. The van der Waals surface area contributed by atoms with Gasteiger partial charge < -0.3 is 10.6 Å². The van der Waals surface area contributed by atoms with Crippen LogP contribution < -0.4 is 10.6 Å². The van der Waals surface area contributed by atoms with E-state index in [-0.39, 0.29) is 5.91 Å². The fraction of sp³-hybridized carbons (Fsp3) is 0.143. The lowest BCUT2D eigenvalue weighted by atomic mass is 10.2. The van der Waals surface area contributed by atoms with Gasteiger partial charge in [0.05, 0.1) is 0 Å². The van der Waals surface area contributed by atoms with E-state index >= 15 is 0 Å². The molecule has 1 aromatic heterocycles. The van der Waals surface area contributed by atoms with E-state index in [1.54, 1.807) is 19.3 Å². The molecule has 2 rings (SSSR count). The zero-order valence-electron chi connectivity index (χ0n) is 10.4. The van der Waals surface area contributed by atoms with Gasteiger partial charge in [0, 0.05) is 24.6 Å². The molecule has 1 aromatic carbocycles. The van der Waals surface area contributed by atoms with Gasteiger partial charge in [0.2, 0.25) is 0 Å². The summed E-state index contributed by atoms with van der Waals surface area (Å²) in [6.45, 7) is 2.00. The van der Waals surface area contributed by atoms with E-state index in [2.05, 4.69) is 15.6 Å². The van der Waals surface area contributed by atoms with Crippen LogP contribution in [0.25, 0.3) is 0 Å². The average molecular weight is 241 g/mol. The maximum absolute atomic E-state index is 12.0. The molecule has 0 fully saturated rings. The molecule has 2 N–H and O–H groups in total. The normalized spacial score (nSPS) is 9.89. The molecule has 0 atom stereocenters. The summed E-state index contributed by atoms with van der Waals surface area (Å²) in [5.74, 6) is -0.212. The number of amides is 1. The topological polar surface area (TPSA) is 54.0 Å². The Labute approximate surface area is 106 Å². The van der Waals surface area contributed by atoms with Crippen molar-refractivity contribution in [1.29, 1.82) is 0 Å². The number of carbonyl (C=O) groups is 1. The lowest BCUT2D eigenvalue weighted by Gasteiger charge is -2.06. The molecule has 0 aliphatic heterocycles. The van der Waals surface area contributed by atoms with Crippen molar-refractivity contribution in [3.05, 3.63) is 53.9 Å². The highest BCUT2D eigenvalue weighted by Crippen LogP contribution is 2.12. The standard InChI is InChI=1S/C14H15N3O/c1-10-3-5-11(6-4-10)17-14(18)13-9-12(15-2)7-8-16-13/h3-9H,1-2H3,(H,15,16)(H,17,18). The average Bonchev–Trinajstić information content (AvgIpc) is 2.41. The summed E-state index contributed by atoms with van der Waals surface area (Å²) in [4.78, 5) is 16.0. The second-order valence-electron chi connectivity index (χ2n) is 4.00. The predicted octanol–water partition coefficient (Wildman–Crippen LogP) is 2.68. The summed E-state index contributed by atoms with van der Waals surface area (Å²) < 4.78 is 0. The van der Waals surface area contributed by atoms with E-state index in [1.807, 2.05) is 37.3 Å². The number of pyridine rings is 1. The van der Waals surface area contributed by atoms with Crippen molar-refractivity contribution < 1.29 is 4.79 Å². The summed E-state index contributed by atoms with van der Waals surface area (Å²) in [7, 11) is 1.80. The third-order valence-electron chi connectivity index (χ3n) is 2.59. The van der Waals surface area contributed by atoms with Crippen molar-refractivity contribution in [2.75, 3.05) is 17.7 Å². The summed E-state index contributed by atoms with van der Waals surface area (Å²) in [5, 5.41) is 5.78. The highest BCUT2D eigenvalue weighted by atomic mass is 16.1. The minimum Gasteiger partial charge on any atom is -0.388 e. The van der Waals surface area contributed by atoms with Crippen LogP contribution >= 0.6 is 0 Å². The maximum Gasteiger partial charge on any atom is 0.274 e. The second kappa shape index (κ2) is 5.31. The molecule has 0 unspecified atom stereocenters. The highest BCUT2D eigenvalue weighted by Gasteiger charge is 2.07. The maximum atomic E-state index is 12.0. The van der Waals surface area contributed by atoms with Crippen molar-refractivity contribution in [3.8, 4) is 0 Å². The zero-order valence-corrected chi connectivity index (χ0v) is 10.4. The highest BCUT2D eigenvalue weighted by molar-refractivity contribution is 6.03. The molecule has 1 amide bonds. The molecule has 0 aliphatic rings. The number of anilines is 2.